The van der Waals surface area contributed by atoms with Crippen LogP contribution in [0.1, 0.15) is 113 Å². The monoisotopic (exact) mass is 1030 g/mol. The topological polar surface area (TPSA) is 292 Å². The van der Waals surface area contributed by atoms with E-state index in [-0.39, 0.29) is 70.1 Å². The van der Waals surface area contributed by atoms with Crippen LogP contribution in [0.25, 0.3) is 0 Å². The largest absolute Gasteiger partial charge is 0.463 e. The van der Waals surface area contributed by atoms with Gasteiger partial charge in [0.2, 0.25) is 17.7 Å². The molecule has 72 heavy (non-hydrogen) atoms. The molecule has 5 rings (SSSR count). The van der Waals surface area contributed by atoms with Crippen molar-refractivity contribution in [3.8, 4) is 0 Å². The number of esters is 4. The van der Waals surface area contributed by atoms with Crippen molar-refractivity contribution < 1.29 is 90.4 Å². The average molecular weight is 1030 g/mol. The number of fused-ring (bicyclic) bond motifs is 1. The van der Waals surface area contributed by atoms with Crippen LogP contribution in [0.4, 0.5) is 0 Å². The second-order valence-corrected chi connectivity index (χ2v) is 19.3. The summed E-state index contributed by atoms with van der Waals surface area (Å²) in [5, 5.41) is 8.72. The van der Waals surface area contributed by atoms with E-state index in [2.05, 4.69) is 16.0 Å². The first kappa shape index (κ1) is 58.8. The van der Waals surface area contributed by atoms with Gasteiger partial charge in [-0.3, -0.25) is 33.6 Å². The van der Waals surface area contributed by atoms with Gasteiger partial charge in [0.1, 0.15) is 31.0 Å². The molecule has 3 saturated heterocycles. The molecular formula is C49H80N4O19. The van der Waals surface area contributed by atoms with Crippen LogP contribution in [0.5, 0.6) is 0 Å². The van der Waals surface area contributed by atoms with Crippen LogP contribution in [0, 0.1) is 17.8 Å². The average Bonchev–Trinajstić information content (AvgIpc) is 3.32. The molecule has 9 unspecified atom stereocenters. The van der Waals surface area contributed by atoms with Crippen molar-refractivity contribution in [2.75, 3.05) is 59.3 Å². The Kier molecular flexibility index (Phi) is 24.3. The number of carbonyl (C=O) groups is 7. The maximum Gasteiger partial charge on any atom is 0.303 e. The third-order valence-electron chi connectivity index (χ3n) is 13.5. The number of hydrogen-bond donors (Lipinski definition) is 4. The van der Waals surface area contributed by atoms with Crippen molar-refractivity contribution >= 4 is 41.6 Å². The Balaban J connectivity index is 1.43. The summed E-state index contributed by atoms with van der Waals surface area (Å²) in [5.41, 5.74) is 5.42. The first-order chi connectivity index (χ1) is 34.5. The predicted octanol–water partition coefficient (Wildman–Crippen LogP) is 1.26. The Morgan fingerprint density at radius 3 is 2.00 bits per heavy atom. The van der Waals surface area contributed by atoms with Gasteiger partial charge >= 0.3 is 23.9 Å². The fourth-order valence-corrected chi connectivity index (χ4v) is 10.4. The standard InChI is InChI=1S/C49H80N4O19/c1-8-34-23-35(47(60)52-17-16-51-39(59)14-18-61-20-21-62-19-15-50)24-37(42(34)72-49-46(68-32(7)58)45(67-31(6)57)41(27(2)65-49)66-30(5)56)70-48-40(53-28(3)54)44-43(38(71-48)26-63-29(4)55)64-25-36(69-44)22-33-12-10-9-11-13-33/h27,33-38,40-46,48-49H,8-26,50H2,1-7H3,(H,51,59)(H,52,60)(H,53,54)/t27?,34?,35?,36-,37-,38?,40?,41-,42?,43+,44?,45?,46?,48-,49+/m1/s1. The first-order valence-electron chi connectivity index (χ1n) is 25.7. The summed E-state index contributed by atoms with van der Waals surface area (Å²) in [7, 11) is 0. The summed E-state index contributed by atoms with van der Waals surface area (Å²) in [4.78, 5) is 89.5. The van der Waals surface area contributed by atoms with E-state index in [0.29, 0.717) is 38.7 Å². The van der Waals surface area contributed by atoms with Crippen LogP contribution < -0.4 is 21.7 Å². The van der Waals surface area contributed by atoms with Gasteiger partial charge in [-0.1, -0.05) is 45.4 Å². The normalized spacial score (nSPS) is 32.8. The molecule has 5 N–H and O–H groups in total. The maximum absolute atomic E-state index is 14.1. The van der Waals surface area contributed by atoms with E-state index in [4.69, 9.17) is 62.6 Å². The molecule has 0 radical (unpaired) electrons. The second-order valence-electron chi connectivity index (χ2n) is 19.3. The summed E-state index contributed by atoms with van der Waals surface area (Å²) in [6.07, 6.45) is -5.18. The third-order valence-corrected chi connectivity index (χ3v) is 13.5. The molecule has 2 saturated carbocycles. The van der Waals surface area contributed by atoms with E-state index in [1.54, 1.807) is 6.92 Å². The SMILES string of the molecule is CCC1CC(C(=O)NCCNC(=O)CCOCCOCCN)C[C@@H](O[C@@H]2OC(COC(C)=O)[C@@H]3OC[C@@H](CC4CCCCC4)OC3C2NC(C)=O)C1O[C@@H]1OC(C)[C@@H](OC(C)=O)C(OC(C)=O)C1OC(C)=O. The van der Waals surface area contributed by atoms with E-state index in [1.165, 1.54) is 27.2 Å². The number of nitrogens with two attached hydrogens (primary N) is 1. The van der Waals surface area contributed by atoms with Crippen molar-refractivity contribution in [3.05, 3.63) is 0 Å². The van der Waals surface area contributed by atoms with Crippen LogP contribution in [0.2, 0.25) is 0 Å². The van der Waals surface area contributed by atoms with Gasteiger partial charge in [0, 0.05) is 66.6 Å². The van der Waals surface area contributed by atoms with Crippen molar-refractivity contribution in [2.24, 2.45) is 23.5 Å². The highest BCUT2D eigenvalue weighted by atomic mass is 16.8. The van der Waals surface area contributed by atoms with E-state index >= 15 is 0 Å². The molecule has 3 amide bonds. The minimum atomic E-state index is -1.44. The lowest BCUT2D eigenvalue weighted by atomic mass is 9.75. The molecule has 410 valence electrons. The summed E-state index contributed by atoms with van der Waals surface area (Å²) in [5.74, 6) is -4.42. The highest BCUT2D eigenvalue weighted by molar-refractivity contribution is 5.79. The van der Waals surface area contributed by atoms with Gasteiger partial charge in [0.15, 0.2) is 30.9 Å². The van der Waals surface area contributed by atoms with Crippen LogP contribution >= 0.6 is 0 Å². The molecule has 15 atom stereocenters. The number of rotatable bonds is 25. The molecule has 5 aliphatic rings. The van der Waals surface area contributed by atoms with Crippen LogP contribution in [-0.4, -0.2) is 181 Å². The summed E-state index contributed by atoms with van der Waals surface area (Å²) in [6, 6.07) is -0.971. The quantitative estimate of drug-likeness (QED) is 0.0569. The predicted molar refractivity (Wildman–Crippen MR) is 251 cm³/mol. The number of carbonyl (C=O) groups excluding carboxylic acids is 7. The number of amides is 3. The Morgan fingerprint density at radius 1 is 0.681 bits per heavy atom. The van der Waals surface area contributed by atoms with E-state index < -0.39 is 115 Å². The molecule has 3 aliphatic heterocycles. The summed E-state index contributed by atoms with van der Waals surface area (Å²) >= 11 is 0. The molecule has 23 heteroatoms. The van der Waals surface area contributed by atoms with Crippen molar-refractivity contribution in [3.63, 3.8) is 0 Å². The molecule has 0 aromatic rings. The Labute approximate surface area is 422 Å². The van der Waals surface area contributed by atoms with E-state index in [0.717, 1.165) is 46.0 Å². The van der Waals surface area contributed by atoms with Gasteiger partial charge < -0.3 is 78.5 Å². The minimum Gasteiger partial charge on any atom is -0.463 e. The minimum absolute atomic E-state index is 0.0344. The highest BCUT2D eigenvalue weighted by Crippen LogP contribution is 2.42. The third kappa shape index (κ3) is 18.1. The van der Waals surface area contributed by atoms with Crippen molar-refractivity contribution in [1.29, 1.82) is 0 Å². The molecule has 3 heterocycles. The van der Waals surface area contributed by atoms with Gasteiger partial charge in [-0.25, -0.2) is 0 Å². The number of ether oxygens (including phenoxy) is 12. The molecule has 0 aromatic heterocycles. The summed E-state index contributed by atoms with van der Waals surface area (Å²) in [6.45, 7) is 11.7. The van der Waals surface area contributed by atoms with Crippen molar-refractivity contribution in [1.82, 2.24) is 16.0 Å². The Morgan fingerprint density at radius 2 is 1.35 bits per heavy atom. The fourth-order valence-electron chi connectivity index (χ4n) is 10.4. The molecule has 0 aromatic carbocycles. The Bertz CT molecular complexity index is 1770. The van der Waals surface area contributed by atoms with Crippen molar-refractivity contribution in [2.45, 2.75) is 192 Å². The zero-order valence-electron chi connectivity index (χ0n) is 43.0. The van der Waals surface area contributed by atoms with Crippen LogP contribution in [0.15, 0.2) is 0 Å². The molecular weight excluding hydrogens is 949 g/mol. The zero-order chi connectivity index (χ0) is 52.3. The maximum atomic E-state index is 14.1. The lowest BCUT2D eigenvalue weighted by molar-refractivity contribution is -0.349. The second kappa shape index (κ2) is 29.7. The Hall–Kier alpha value is -4.07. The fraction of sp³-hybridized carbons (Fsp3) is 0.857. The van der Waals surface area contributed by atoms with E-state index in [9.17, 15) is 33.6 Å². The smallest absolute Gasteiger partial charge is 0.303 e. The lowest BCUT2D eigenvalue weighted by Crippen LogP contribution is -2.69. The van der Waals surface area contributed by atoms with Gasteiger partial charge in [-0.2, -0.15) is 0 Å². The number of hydrogen-bond acceptors (Lipinski definition) is 20. The van der Waals surface area contributed by atoms with Crippen LogP contribution in [-0.2, 0) is 90.4 Å². The number of nitrogens with one attached hydrogen (secondary N) is 3. The molecule has 2 aliphatic carbocycles. The van der Waals surface area contributed by atoms with Gasteiger partial charge in [-0.15, -0.1) is 0 Å². The van der Waals surface area contributed by atoms with E-state index in [1.807, 2.05) is 6.92 Å². The van der Waals surface area contributed by atoms with Crippen LogP contribution in [0.3, 0.4) is 0 Å². The lowest BCUT2D eigenvalue weighted by Gasteiger charge is -2.52. The molecule has 5 fully saturated rings. The molecule has 23 nitrogen and oxygen atoms in total. The zero-order valence-corrected chi connectivity index (χ0v) is 43.0. The summed E-state index contributed by atoms with van der Waals surface area (Å²) < 4.78 is 73.3. The molecule has 0 spiro atoms. The molecule has 0 bridgehead atoms. The first-order valence-corrected chi connectivity index (χ1v) is 25.7. The van der Waals surface area contributed by atoms with Gasteiger partial charge in [-0.05, 0) is 38.0 Å². The van der Waals surface area contributed by atoms with Gasteiger partial charge in [0.05, 0.1) is 57.5 Å². The van der Waals surface area contributed by atoms with Gasteiger partial charge in [0.25, 0.3) is 0 Å². The highest BCUT2D eigenvalue weighted by Gasteiger charge is 2.56.